The van der Waals surface area contributed by atoms with Crippen LogP contribution in [-0.2, 0) is 6.42 Å². The van der Waals surface area contributed by atoms with Crippen molar-refractivity contribution in [3.63, 3.8) is 0 Å². The van der Waals surface area contributed by atoms with Gasteiger partial charge in [0.2, 0.25) is 0 Å². The summed E-state index contributed by atoms with van der Waals surface area (Å²) < 4.78 is 0. The van der Waals surface area contributed by atoms with E-state index in [9.17, 15) is 9.59 Å². The summed E-state index contributed by atoms with van der Waals surface area (Å²) >= 11 is 0. The van der Waals surface area contributed by atoms with Crippen molar-refractivity contribution in [1.29, 1.82) is 0 Å². The second kappa shape index (κ2) is 5.96. The summed E-state index contributed by atoms with van der Waals surface area (Å²) in [6.07, 6.45) is 1.18. The number of aromatic nitrogens is 1. The second-order valence-corrected chi connectivity index (χ2v) is 6.11. The second-order valence-electron chi connectivity index (χ2n) is 6.11. The summed E-state index contributed by atoms with van der Waals surface area (Å²) in [7, 11) is 0. The van der Waals surface area contributed by atoms with E-state index in [0.717, 1.165) is 22.9 Å². The molecule has 0 fully saturated rings. The molecule has 0 bridgehead atoms. The van der Waals surface area contributed by atoms with Crippen LogP contribution in [0.3, 0.4) is 0 Å². The van der Waals surface area contributed by atoms with Crippen molar-refractivity contribution in [2.45, 2.75) is 12.8 Å². The van der Waals surface area contributed by atoms with Crippen LogP contribution >= 0.6 is 0 Å². The number of hydrogen-bond donors (Lipinski definition) is 1. The Labute approximate surface area is 140 Å². The van der Waals surface area contributed by atoms with Crippen molar-refractivity contribution in [3.8, 4) is 0 Å². The molecule has 0 saturated carbocycles. The first-order chi connectivity index (χ1) is 11.7. The van der Waals surface area contributed by atoms with Crippen molar-refractivity contribution in [1.82, 2.24) is 9.88 Å². The minimum Gasteiger partial charge on any atom is -0.350 e. The number of aromatic amines is 1. The molecule has 0 unspecified atom stereocenters. The molecule has 4 nitrogen and oxygen atoms in total. The zero-order valence-electron chi connectivity index (χ0n) is 13.3. The molecular formula is C20H18N2O2. The normalized spacial score (nSPS) is 14.0. The van der Waals surface area contributed by atoms with Gasteiger partial charge >= 0.3 is 0 Å². The fourth-order valence-electron chi connectivity index (χ4n) is 3.37. The van der Waals surface area contributed by atoms with E-state index in [1.54, 1.807) is 4.90 Å². The molecule has 2 heterocycles. The zero-order chi connectivity index (χ0) is 16.5. The van der Waals surface area contributed by atoms with E-state index in [2.05, 4.69) is 4.98 Å². The van der Waals surface area contributed by atoms with E-state index < -0.39 is 0 Å². The number of hydrogen-bond acceptors (Lipinski definition) is 2. The Hall–Kier alpha value is -2.88. The van der Waals surface area contributed by atoms with Crippen LogP contribution in [0.5, 0.6) is 0 Å². The number of nitrogens with one attached hydrogen (secondary N) is 1. The highest BCUT2D eigenvalue weighted by atomic mass is 16.2. The summed E-state index contributed by atoms with van der Waals surface area (Å²) in [5.41, 5.74) is 3.47. The maximum atomic E-state index is 12.7. The highest BCUT2D eigenvalue weighted by Gasteiger charge is 2.27. The first kappa shape index (κ1) is 14.7. The molecule has 1 amide bonds. The van der Waals surface area contributed by atoms with E-state index in [1.165, 1.54) is 0 Å². The summed E-state index contributed by atoms with van der Waals surface area (Å²) in [6.45, 7) is 1.12. The number of amides is 1. The Balaban J connectivity index is 1.50. The fraction of sp³-hybridized carbons (Fsp3) is 0.200. The number of H-pyrrole nitrogens is 1. The predicted molar refractivity (Wildman–Crippen MR) is 93.3 cm³/mol. The van der Waals surface area contributed by atoms with E-state index in [4.69, 9.17) is 0 Å². The number of carbonyl (C=O) groups excluding carboxylic acids is 2. The van der Waals surface area contributed by atoms with Gasteiger partial charge in [-0.15, -0.1) is 0 Å². The lowest BCUT2D eigenvalue weighted by atomic mass is 10.0. The SMILES string of the molecule is O=C(CCN1CCc2c([nH]c3ccccc23)C1=O)c1ccccc1. The lowest BCUT2D eigenvalue weighted by Gasteiger charge is -2.26. The molecule has 0 radical (unpaired) electrons. The molecular weight excluding hydrogens is 300 g/mol. The number of rotatable bonds is 4. The Morgan fingerprint density at radius 1 is 1.04 bits per heavy atom. The summed E-state index contributed by atoms with van der Waals surface area (Å²) in [5.74, 6) is 0.0687. The number of fused-ring (bicyclic) bond motifs is 3. The monoisotopic (exact) mass is 318 g/mol. The van der Waals surface area contributed by atoms with E-state index in [-0.39, 0.29) is 11.7 Å². The van der Waals surface area contributed by atoms with Crippen LogP contribution in [0.2, 0.25) is 0 Å². The molecule has 0 saturated heterocycles. The molecule has 0 atom stereocenters. The van der Waals surface area contributed by atoms with Crippen LogP contribution in [-0.4, -0.2) is 34.7 Å². The van der Waals surface area contributed by atoms with Crippen LogP contribution in [0.15, 0.2) is 54.6 Å². The average Bonchev–Trinajstić information content (AvgIpc) is 3.01. The number of Topliss-reactive ketones (excluding diaryl/α,β-unsaturated/α-hetero) is 1. The minimum atomic E-state index is -0.00619. The summed E-state index contributed by atoms with van der Waals surface area (Å²) in [5, 5.41) is 1.13. The summed E-state index contributed by atoms with van der Waals surface area (Å²) in [6, 6.07) is 17.2. The molecule has 1 aliphatic rings. The molecule has 4 heteroatoms. The Bertz CT molecular complexity index is 912. The number of benzene rings is 2. The van der Waals surface area contributed by atoms with Crippen LogP contribution in [0.4, 0.5) is 0 Å². The topological polar surface area (TPSA) is 53.2 Å². The zero-order valence-corrected chi connectivity index (χ0v) is 13.3. The van der Waals surface area contributed by atoms with Gasteiger partial charge in [0.05, 0.1) is 0 Å². The maximum Gasteiger partial charge on any atom is 0.270 e. The lowest BCUT2D eigenvalue weighted by molar-refractivity contribution is 0.0725. The first-order valence-electron chi connectivity index (χ1n) is 8.21. The van der Waals surface area contributed by atoms with Gasteiger partial charge in [-0.1, -0.05) is 48.5 Å². The van der Waals surface area contributed by atoms with Gasteiger partial charge in [0.1, 0.15) is 5.69 Å². The van der Waals surface area contributed by atoms with E-state index in [1.807, 2.05) is 54.6 Å². The number of nitrogens with zero attached hydrogens (tertiary/aromatic N) is 1. The lowest BCUT2D eigenvalue weighted by Crippen LogP contribution is -2.38. The van der Waals surface area contributed by atoms with Gasteiger partial charge in [-0.2, -0.15) is 0 Å². The maximum absolute atomic E-state index is 12.7. The standard InChI is InChI=1S/C20H18N2O2/c23-18(14-6-2-1-3-7-14)11-13-22-12-10-16-15-8-4-5-9-17(15)21-19(16)20(22)24/h1-9,21H,10-13H2. The van der Waals surface area contributed by atoms with Gasteiger partial charge in [-0.05, 0) is 18.1 Å². The molecule has 2 aromatic carbocycles. The van der Waals surface area contributed by atoms with E-state index in [0.29, 0.717) is 30.8 Å². The van der Waals surface area contributed by atoms with Crippen molar-refractivity contribution in [3.05, 3.63) is 71.4 Å². The summed E-state index contributed by atoms with van der Waals surface area (Å²) in [4.78, 5) is 30.0. The third-order valence-electron chi connectivity index (χ3n) is 4.65. The Morgan fingerprint density at radius 2 is 1.79 bits per heavy atom. The van der Waals surface area contributed by atoms with Gasteiger partial charge in [-0.25, -0.2) is 0 Å². The van der Waals surface area contributed by atoms with Crippen LogP contribution in [0.1, 0.15) is 32.8 Å². The predicted octanol–water partition coefficient (Wildman–Crippen LogP) is 3.44. The average molecular weight is 318 g/mol. The van der Waals surface area contributed by atoms with E-state index >= 15 is 0 Å². The molecule has 1 aliphatic heterocycles. The van der Waals surface area contributed by atoms with Gasteiger partial charge in [0.25, 0.3) is 5.91 Å². The third kappa shape index (κ3) is 2.50. The molecule has 1 aromatic heterocycles. The number of para-hydroxylation sites is 1. The minimum absolute atomic E-state index is 0.00619. The molecule has 0 aliphatic carbocycles. The van der Waals surface area contributed by atoms with Crippen molar-refractivity contribution in [2.24, 2.45) is 0 Å². The first-order valence-corrected chi connectivity index (χ1v) is 8.21. The third-order valence-corrected chi connectivity index (χ3v) is 4.65. The quantitative estimate of drug-likeness (QED) is 0.749. The van der Waals surface area contributed by atoms with Crippen LogP contribution in [0.25, 0.3) is 10.9 Å². The van der Waals surface area contributed by atoms with Crippen molar-refractivity contribution < 1.29 is 9.59 Å². The fourth-order valence-corrected chi connectivity index (χ4v) is 3.37. The molecule has 0 spiro atoms. The molecule has 120 valence electrons. The van der Waals surface area contributed by atoms with Crippen molar-refractivity contribution in [2.75, 3.05) is 13.1 Å². The molecule has 4 rings (SSSR count). The van der Waals surface area contributed by atoms with Gasteiger partial charge < -0.3 is 9.88 Å². The number of carbonyl (C=O) groups is 2. The van der Waals surface area contributed by atoms with Crippen LogP contribution < -0.4 is 0 Å². The highest BCUT2D eigenvalue weighted by molar-refractivity contribution is 6.02. The van der Waals surface area contributed by atoms with Crippen molar-refractivity contribution >= 4 is 22.6 Å². The van der Waals surface area contributed by atoms with Gasteiger partial charge in [0.15, 0.2) is 5.78 Å². The van der Waals surface area contributed by atoms with Crippen LogP contribution in [0, 0.1) is 0 Å². The Morgan fingerprint density at radius 3 is 2.62 bits per heavy atom. The Kier molecular flexibility index (Phi) is 3.65. The number of ketones is 1. The van der Waals surface area contributed by atoms with Gasteiger partial charge in [0, 0.05) is 36.0 Å². The largest absolute Gasteiger partial charge is 0.350 e. The molecule has 3 aromatic rings. The van der Waals surface area contributed by atoms with Gasteiger partial charge in [-0.3, -0.25) is 9.59 Å². The highest BCUT2D eigenvalue weighted by Crippen LogP contribution is 2.27. The smallest absolute Gasteiger partial charge is 0.270 e. The molecule has 1 N–H and O–H groups in total. The molecule has 24 heavy (non-hydrogen) atoms.